The second-order valence-corrected chi connectivity index (χ2v) is 6.58. The molecule has 1 aliphatic heterocycles. The molecule has 24 heavy (non-hydrogen) atoms. The van der Waals surface area contributed by atoms with Crippen molar-refractivity contribution >= 4 is 17.7 Å². The van der Waals surface area contributed by atoms with Gasteiger partial charge in [-0.15, -0.1) is 11.8 Å². The van der Waals surface area contributed by atoms with E-state index in [1.807, 2.05) is 30.3 Å². The molecule has 2 heterocycles. The molecule has 126 valence electrons. The van der Waals surface area contributed by atoms with Crippen LogP contribution in [0.4, 0.5) is 0 Å². The molecular weight excluding hydrogens is 322 g/mol. The topological polar surface area (TPSA) is 67.2 Å². The van der Waals surface area contributed by atoms with Gasteiger partial charge < -0.3 is 15.1 Å². The average Bonchev–Trinajstić information content (AvgIpc) is 3.11. The summed E-state index contributed by atoms with van der Waals surface area (Å²) < 4.78 is 5.50. The summed E-state index contributed by atoms with van der Waals surface area (Å²) in [5.74, 6) is 1.77. The molecule has 1 aliphatic rings. The lowest BCUT2D eigenvalue weighted by molar-refractivity contribution is -0.118. The fourth-order valence-electron chi connectivity index (χ4n) is 2.43. The lowest BCUT2D eigenvalue weighted by Gasteiger charge is -2.14. The molecule has 6 heteroatoms. The second kappa shape index (κ2) is 8.70. The van der Waals surface area contributed by atoms with Gasteiger partial charge in [0.2, 0.25) is 11.8 Å². The minimum Gasteiger partial charge on any atom is -0.444 e. The van der Waals surface area contributed by atoms with Crippen LogP contribution in [0.1, 0.15) is 12.1 Å². The molecule has 0 bridgehead atoms. The van der Waals surface area contributed by atoms with Crippen molar-refractivity contribution in [3.8, 4) is 11.5 Å². The number of oxazole rings is 1. The average molecular weight is 343 g/mol. The van der Waals surface area contributed by atoms with Crippen molar-refractivity contribution in [2.24, 2.45) is 0 Å². The quantitative estimate of drug-likeness (QED) is 0.757. The van der Waals surface area contributed by atoms with Crippen LogP contribution in [0.5, 0.6) is 0 Å². The summed E-state index contributed by atoms with van der Waals surface area (Å²) in [7, 11) is 0. The summed E-state index contributed by atoms with van der Waals surface area (Å²) >= 11 is 1.54. The number of rotatable bonds is 7. The van der Waals surface area contributed by atoms with Gasteiger partial charge in [0.15, 0.2) is 0 Å². The highest BCUT2D eigenvalue weighted by molar-refractivity contribution is 7.99. The largest absolute Gasteiger partial charge is 0.444 e. The fraction of sp³-hybridized carbons (Fsp3) is 0.333. The van der Waals surface area contributed by atoms with E-state index in [1.165, 1.54) is 5.57 Å². The van der Waals surface area contributed by atoms with Crippen LogP contribution in [0.25, 0.3) is 11.5 Å². The molecule has 0 saturated carbocycles. The van der Waals surface area contributed by atoms with Crippen LogP contribution >= 0.6 is 11.8 Å². The van der Waals surface area contributed by atoms with Crippen molar-refractivity contribution in [2.75, 3.05) is 25.4 Å². The first kappa shape index (κ1) is 16.8. The first-order chi connectivity index (χ1) is 11.8. The van der Waals surface area contributed by atoms with Gasteiger partial charge in [0.05, 0.1) is 11.4 Å². The summed E-state index contributed by atoms with van der Waals surface area (Å²) in [4.78, 5) is 16.3. The fourth-order valence-corrected chi connectivity index (χ4v) is 3.16. The highest BCUT2D eigenvalue weighted by Gasteiger charge is 2.09. The molecular formula is C18H21N3O2S. The van der Waals surface area contributed by atoms with Crippen LogP contribution in [0.2, 0.25) is 0 Å². The predicted octanol–water partition coefficient (Wildman–Crippen LogP) is 2.61. The number of hydrogen-bond donors (Lipinski definition) is 2. The number of hydrogen-bond acceptors (Lipinski definition) is 5. The van der Waals surface area contributed by atoms with Crippen molar-refractivity contribution < 1.29 is 9.21 Å². The number of thioether (sulfide) groups is 1. The van der Waals surface area contributed by atoms with E-state index < -0.39 is 0 Å². The Hall–Kier alpha value is -2.05. The molecule has 0 radical (unpaired) electrons. The Labute approximate surface area is 145 Å². The Kier molecular flexibility index (Phi) is 6.09. The summed E-state index contributed by atoms with van der Waals surface area (Å²) in [6.45, 7) is 2.55. The first-order valence-corrected chi connectivity index (χ1v) is 9.19. The van der Waals surface area contributed by atoms with Gasteiger partial charge in [-0.2, -0.15) is 0 Å². The van der Waals surface area contributed by atoms with E-state index in [4.69, 9.17) is 4.42 Å². The van der Waals surface area contributed by atoms with Crippen LogP contribution in [0, 0.1) is 0 Å². The molecule has 1 aromatic carbocycles. The van der Waals surface area contributed by atoms with Crippen LogP contribution in [-0.2, 0) is 10.5 Å². The summed E-state index contributed by atoms with van der Waals surface area (Å²) in [6.07, 6.45) is 4.82. The molecule has 2 aromatic rings. The lowest BCUT2D eigenvalue weighted by Crippen LogP contribution is -2.30. The van der Waals surface area contributed by atoms with E-state index in [1.54, 1.807) is 18.0 Å². The molecule has 0 atom stereocenters. The summed E-state index contributed by atoms with van der Waals surface area (Å²) in [6, 6.07) is 9.80. The zero-order valence-corrected chi connectivity index (χ0v) is 14.3. The molecule has 1 aromatic heterocycles. The number of nitrogens with zero attached hydrogens (tertiary/aromatic N) is 1. The number of carbonyl (C=O) groups excluding carboxylic acids is 1. The third-order valence-corrected chi connectivity index (χ3v) is 4.69. The smallest absolute Gasteiger partial charge is 0.230 e. The zero-order chi connectivity index (χ0) is 16.6. The zero-order valence-electron chi connectivity index (χ0n) is 13.5. The van der Waals surface area contributed by atoms with Gasteiger partial charge in [-0.25, -0.2) is 4.98 Å². The highest BCUT2D eigenvalue weighted by atomic mass is 32.2. The first-order valence-electron chi connectivity index (χ1n) is 8.04. The van der Waals surface area contributed by atoms with Gasteiger partial charge in [0.25, 0.3) is 0 Å². The van der Waals surface area contributed by atoms with Crippen molar-refractivity contribution in [1.29, 1.82) is 0 Å². The minimum absolute atomic E-state index is 0.0613. The monoisotopic (exact) mass is 343 g/mol. The molecule has 0 saturated heterocycles. The van der Waals surface area contributed by atoms with Gasteiger partial charge in [-0.05, 0) is 25.1 Å². The molecule has 1 amide bonds. The van der Waals surface area contributed by atoms with Crippen molar-refractivity contribution in [3.05, 3.63) is 53.9 Å². The summed E-state index contributed by atoms with van der Waals surface area (Å²) in [5, 5.41) is 6.23. The third kappa shape index (κ3) is 4.97. The van der Waals surface area contributed by atoms with Gasteiger partial charge >= 0.3 is 0 Å². The lowest BCUT2D eigenvalue weighted by atomic mass is 10.1. The number of amides is 1. The van der Waals surface area contributed by atoms with E-state index in [-0.39, 0.29) is 5.91 Å². The second-order valence-electron chi connectivity index (χ2n) is 5.60. The van der Waals surface area contributed by atoms with E-state index in [9.17, 15) is 4.79 Å². The predicted molar refractivity (Wildman–Crippen MR) is 96.7 cm³/mol. The third-order valence-electron chi connectivity index (χ3n) is 3.73. The maximum Gasteiger partial charge on any atom is 0.230 e. The number of benzene rings is 1. The van der Waals surface area contributed by atoms with Crippen LogP contribution < -0.4 is 10.6 Å². The van der Waals surface area contributed by atoms with Crippen molar-refractivity contribution in [1.82, 2.24) is 15.6 Å². The Balaban J connectivity index is 1.39. The molecule has 0 fully saturated rings. The Morgan fingerprint density at radius 2 is 2.21 bits per heavy atom. The van der Waals surface area contributed by atoms with E-state index >= 15 is 0 Å². The van der Waals surface area contributed by atoms with Crippen LogP contribution in [-0.4, -0.2) is 36.3 Å². The highest BCUT2D eigenvalue weighted by Crippen LogP contribution is 2.20. The van der Waals surface area contributed by atoms with Crippen molar-refractivity contribution in [3.63, 3.8) is 0 Å². The maximum atomic E-state index is 11.9. The van der Waals surface area contributed by atoms with Gasteiger partial charge in [0, 0.05) is 24.4 Å². The van der Waals surface area contributed by atoms with Crippen molar-refractivity contribution in [2.45, 2.75) is 12.2 Å². The van der Waals surface area contributed by atoms with E-state index in [2.05, 4.69) is 21.7 Å². The van der Waals surface area contributed by atoms with Crippen LogP contribution in [0.15, 0.2) is 52.7 Å². The molecule has 0 spiro atoms. The Bertz CT molecular complexity index is 697. The van der Waals surface area contributed by atoms with E-state index in [0.29, 0.717) is 23.9 Å². The molecule has 0 aliphatic carbocycles. The molecule has 5 nitrogen and oxygen atoms in total. The van der Waals surface area contributed by atoms with Gasteiger partial charge in [-0.1, -0.05) is 29.8 Å². The van der Waals surface area contributed by atoms with E-state index in [0.717, 1.165) is 30.8 Å². The Morgan fingerprint density at radius 1 is 1.33 bits per heavy atom. The molecule has 2 N–H and O–H groups in total. The SMILES string of the molecule is O=C(CSCc1coc(-c2ccccc2)n1)NCC1=CCNCC1. The minimum atomic E-state index is 0.0613. The van der Waals surface area contributed by atoms with Gasteiger partial charge in [0.1, 0.15) is 6.26 Å². The number of aromatic nitrogens is 1. The number of carbonyl (C=O) groups is 1. The molecule has 3 rings (SSSR count). The summed E-state index contributed by atoms with van der Waals surface area (Å²) in [5.41, 5.74) is 3.12. The maximum absolute atomic E-state index is 11.9. The normalized spacial score (nSPS) is 14.2. The number of nitrogens with one attached hydrogen (secondary N) is 2. The van der Waals surface area contributed by atoms with Crippen LogP contribution in [0.3, 0.4) is 0 Å². The Morgan fingerprint density at radius 3 is 3.00 bits per heavy atom. The van der Waals surface area contributed by atoms with Gasteiger partial charge in [-0.3, -0.25) is 4.79 Å². The molecule has 0 unspecified atom stereocenters. The standard InChI is InChI=1S/C18H21N3O2S/c22-17(20-10-14-6-8-19-9-7-14)13-24-12-16-11-23-18(21-16)15-4-2-1-3-5-15/h1-6,11,19H,7-10,12-13H2,(H,20,22).